The first kappa shape index (κ1) is 25.3. The van der Waals surface area contributed by atoms with Gasteiger partial charge in [0.25, 0.3) is 0 Å². The Hall–Kier alpha value is -1.35. The smallest absolute Gasteiger partial charge is 0.222 e. The van der Waals surface area contributed by atoms with E-state index in [1.165, 1.54) is 62.7 Å². The van der Waals surface area contributed by atoms with Gasteiger partial charge in [-0.1, -0.05) is 37.1 Å². The molecule has 1 aliphatic carbocycles. The summed E-state index contributed by atoms with van der Waals surface area (Å²) in [5.74, 6) is 1.14. The normalized spacial score (nSPS) is 20.5. The van der Waals surface area contributed by atoms with Gasteiger partial charge in [0.15, 0.2) is 5.96 Å². The molecule has 2 N–H and O–H groups in total. The van der Waals surface area contributed by atoms with E-state index in [1.807, 2.05) is 11.9 Å². The molecule has 32 heavy (non-hydrogen) atoms. The van der Waals surface area contributed by atoms with Gasteiger partial charge in [0, 0.05) is 58.3 Å². The average molecular weight is 554 g/mol. The number of halogens is 1. The highest BCUT2D eigenvalue weighted by Crippen LogP contribution is 2.26. The van der Waals surface area contributed by atoms with Gasteiger partial charge in [0.2, 0.25) is 5.91 Å². The monoisotopic (exact) mass is 553 g/mol. The van der Waals surface area contributed by atoms with Gasteiger partial charge in [0.05, 0.1) is 0 Å². The zero-order chi connectivity index (χ0) is 21.5. The molecule has 7 heteroatoms. The number of aliphatic imine (C=N–C) groups is 1. The largest absolute Gasteiger partial charge is 0.356 e. The Kier molecular flexibility index (Phi) is 10.1. The minimum Gasteiger partial charge on any atom is -0.356 e. The van der Waals surface area contributed by atoms with E-state index in [0.29, 0.717) is 12.5 Å². The van der Waals surface area contributed by atoms with Gasteiger partial charge in [-0.05, 0) is 49.7 Å². The molecule has 1 saturated carbocycles. The van der Waals surface area contributed by atoms with Crippen molar-refractivity contribution in [3.8, 4) is 0 Å². The number of likely N-dealkylation sites (tertiary alicyclic amines) is 1. The number of piperidine rings is 1. The molecule has 4 rings (SSSR count). The summed E-state index contributed by atoms with van der Waals surface area (Å²) in [4.78, 5) is 21.7. The highest BCUT2D eigenvalue weighted by atomic mass is 127. The molecule has 2 aliphatic heterocycles. The maximum atomic E-state index is 12.6. The van der Waals surface area contributed by atoms with E-state index < -0.39 is 0 Å². The van der Waals surface area contributed by atoms with Crippen LogP contribution in [0.3, 0.4) is 0 Å². The third-order valence-electron chi connectivity index (χ3n) is 7.28. The molecular weight excluding hydrogens is 513 g/mol. The van der Waals surface area contributed by atoms with Crippen LogP contribution in [0.4, 0.5) is 0 Å². The molecular formula is C25H40IN5O. The van der Waals surface area contributed by atoms with Crippen LogP contribution in [0.5, 0.6) is 0 Å². The van der Waals surface area contributed by atoms with Crippen LogP contribution in [-0.2, 0) is 17.8 Å². The number of carbonyl (C=O) groups excluding carboxylic acids is 1. The van der Waals surface area contributed by atoms with Gasteiger partial charge >= 0.3 is 0 Å². The Bertz CT molecular complexity index is 756. The predicted molar refractivity (Wildman–Crippen MR) is 142 cm³/mol. The molecule has 1 aromatic carbocycles. The van der Waals surface area contributed by atoms with Crippen molar-refractivity contribution in [3.63, 3.8) is 0 Å². The summed E-state index contributed by atoms with van der Waals surface area (Å²) < 4.78 is 0. The fourth-order valence-electron chi connectivity index (χ4n) is 5.38. The Morgan fingerprint density at radius 3 is 2.50 bits per heavy atom. The summed E-state index contributed by atoms with van der Waals surface area (Å²) in [5.41, 5.74) is 2.68. The maximum Gasteiger partial charge on any atom is 0.222 e. The summed E-state index contributed by atoms with van der Waals surface area (Å²) >= 11 is 0. The second kappa shape index (κ2) is 12.8. The van der Waals surface area contributed by atoms with Crippen LogP contribution in [0.15, 0.2) is 29.3 Å². The molecule has 0 spiro atoms. The summed E-state index contributed by atoms with van der Waals surface area (Å²) in [7, 11) is 1.83. The van der Waals surface area contributed by atoms with Gasteiger partial charge in [-0.25, -0.2) is 0 Å². The van der Waals surface area contributed by atoms with Crippen molar-refractivity contribution in [2.24, 2.45) is 4.99 Å². The van der Waals surface area contributed by atoms with Crippen molar-refractivity contribution in [1.82, 2.24) is 20.4 Å². The minimum absolute atomic E-state index is 0. The number of nitrogens with zero attached hydrogens (tertiary/aromatic N) is 3. The van der Waals surface area contributed by atoms with E-state index >= 15 is 0 Å². The number of fused-ring (bicyclic) bond motifs is 1. The van der Waals surface area contributed by atoms with Crippen molar-refractivity contribution in [3.05, 3.63) is 35.4 Å². The number of hydrogen-bond donors (Lipinski definition) is 2. The summed E-state index contributed by atoms with van der Waals surface area (Å²) in [6.45, 7) is 4.77. The van der Waals surface area contributed by atoms with Crippen molar-refractivity contribution < 1.29 is 4.79 Å². The number of nitrogens with one attached hydrogen (secondary N) is 2. The molecule has 0 radical (unpaired) electrons. The predicted octanol–water partition coefficient (Wildman–Crippen LogP) is 3.54. The van der Waals surface area contributed by atoms with E-state index in [9.17, 15) is 4.79 Å². The van der Waals surface area contributed by atoms with Crippen LogP contribution < -0.4 is 10.6 Å². The van der Waals surface area contributed by atoms with E-state index in [0.717, 1.165) is 44.5 Å². The summed E-state index contributed by atoms with van der Waals surface area (Å²) in [5, 5.41) is 7.01. The van der Waals surface area contributed by atoms with E-state index in [2.05, 4.69) is 44.8 Å². The third-order valence-corrected chi connectivity index (χ3v) is 7.28. The second-order valence-corrected chi connectivity index (χ2v) is 9.33. The molecule has 0 bridgehead atoms. The van der Waals surface area contributed by atoms with Crippen molar-refractivity contribution in [2.45, 2.75) is 76.4 Å². The number of carbonyl (C=O) groups is 1. The van der Waals surface area contributed by atoms with Crippen LogP contribution in [0.1, 0.15) is 62.5 Å². The number of amides is 1. The molecule has 178 valence electrons. The molecule has 6 nitrogen and oxygen atoms in total. The zero-order valence-corrected chi connectivity index (χ0v) is 21.9. The van der Waals surface area contributed by atoms with Crippen molar-refractivity contribution in [2.75, 3.05) is 33.2 Å². The average Bonchev–Trinajstić information content (AvgIpc) is 3.36. The van der Waals surface area contributed by atoms with Gasteiger partial charge in [-0.15, -0.1) is 24.0 Å². The van der Waals surface area contributed by atoms with E-state index in [4.69, 9.17) is 0 Å². The molecule has 3 aliphatic rings. The lowest BCUT2D eigenvalue weighted by atomic mass is 9.99. The first-order valence-corrected chi connectivity index (χ1v) is 12.3. The van der Waals surface area contributed by atoms with Gasteiger partial charge in [0.1, 0.15) is 0 Å². The molecule has 1 amide bonds. The van der Waals surface area contributed by atoms with E-state index in [-0.39, 0.29) is 29.9 Å². The van der Waals surface area contributed by atoms with Crippen LogP contribution in [0, 0.1) is 0 Å². The number of guanidine groups is 1. The highest BCUT2D eigenvalue weighted by molar-refractivity contribution is 14.0. The number of benzene rings is 1. The Balaban J connectivity index is 0.00000289. The molecule has 0 aromatic heterocycles. The Morgan fingerprint density at radius 1 is 1.06 bits per heavy atom. The van der Waals surface area contributed by atoms with Crippen LogP contribution in [0.2, 0.25) is 0 Å². The maximum absolute atomic E-state index is 12.6. The van der Waals surface area contributed by atoms with Crippen molar-refractivity contribution in [1.29, 1.82) is 0 Å². The summed E-state index contributed by atoms with van der Waals surface area (Å²) in [6.07, 6.45) is 10.4. The lowest BCUT2D eigenvalue weighted by Gasteiger charge is -2.36. The van der Waals surface area contributed by atoms with Crippen molar-refractivity contribution >= 4 is 35.8 Å². The van der Waals surface area contributed by atoms with Gasteiger partial charge < -0.3 is 20.4 Å². The fourth-order valence-corrected chi connectivity index (χ4v) is 5.38. The quantitative estimate of drug-likeness (QED) is 0.245. The molecule has 0 atom stereocenters. The minimum atomic E-state index is 0. The second-order valence-electron chi connectivity index (χ2n) is 9.33. The summed E-state index contributed by atoms with van der Waals surface area (Å²) in [6, 6.07) is 9.81. The van der Waals surface area contributed by atoms with Crippen LogP contribution in [0.25, 0.3) is 0 Å². The Labute approximate surface area is 210 Å². The molecule has 2 fully saturated rings. The molecule has 0 unspecified atom stereocenters. The lowest BCUT2D eigenvalue weighted by Crippen LogP contribution is -2.50. The first-order chi connectivity index (χ1) is 15.2. The van der Waals surface area contributed by atoms with Crippen LogP contribution in [-0.4, -0.2) is 67.0 Å². The van der Waals surface area contributed by atoms with E-state index in [1.54, 1.807) is 0 Å². The Morgan fingerprint density at radius 2 is 1.78 bits per heavy atom. The van der Waals surface area contributed by atoms with Gasteiger partial charge in [-0.2, -0.15) is 0 Å². The standard InChI is InChI=1S/C25H39N5O.HI/c1-26-25(28-22-13-17-29(18-14-22)23-9-4-5-10-23)27-15-6-11-24(31)30-16-12-20-7-2-3-8-21(20)19-30;/h2-3,7-8,22-23H,4-6,9-19H2,1H3,(H2,26,27,28);1H. The zero-order valence-electron chi connectivity index (χ0n) is 19.5. The van der Waals surface area contributed by atoms with Crippen LogP contribution >= 0.6 is 24.0 Å². The van der Waals surface area contributed by atoms with Gasteiger partial charge in [-0.3, -0.25) is 9.79 Å². The molecule has 2 heterocycles. The fraction of sp³-hybridized carbons (Fsp3) is 0.680. The topological polar surface area (TPSA) is 60.0 Å². The molecule has 1 aromatic rings. The number of hydrogen-bond acceptors (Lipinski definition) is 3. The SMILES string of the molecule is CN=C(NCCCC(=O)N1CCc2ccccc2C1)NC1CCN(C2CCCC2)CC1.I. The lowest BCUT2D eigenvalue weighted by molar-refractivity contribution is -0.132. The highest BCUT2D eigenvalue weighted by Gasteiger charge is 2.27. The molecule has 1 saturated heterocycles. The third kappa shape index (κ3) is 6.83. The first-order valence-electron chi connectivity index (χ1n) is 12.3. The number of rotatable bonds is 6.